The lowest BCUT2D eigenvalue weighted by Gasteiger charge is -2.07. The molecule has 0 aromatic heterocycles. The summed E-state index contributed by atoms with van der Waals surface area (Å²) in [5.74, 6) is -2.51. The summed E-state index contributed by atoms with van der Waals surface area (Å²) in [7, 11) is 0. The van der Waals surface area contributed by atoms with Crippen molar-refractivity contribution in [2.24, 2.45) is 0 Å². The van der Waals surface area contributed by atoms with Crippen LogP contribution in [0.15, 0.2) is 34.8 Å². The predicted octanol–water partition coefficient (Wildman–Crippen LogP) is 5.46. The van der Waals surface area contributed by atoms with Crippen LogP contribution >= 0.6 is 39.1 Å². The first-order valence-electron chi connectivity index (χ1n) is 5.50. The van der Waals surface area contributed by atoms with E-state index < -0.39 is 23.0 Å². The maximum absolute atomic E-state index is 13.8. The summed E-state index contributed by atoms with van der Waals surface area (Å²) in [6.07, 6.45) is -0.208. The normalized spacial score (nSPS) is 10.7. The van der Waals surface area contributed by atoms with Gasteiger partial charge in [0.15, 0.2) is 11.6 Å². The second-order valence-corrected chi connectivity index (χ2v) is 5.75. The van der Waals surface area contributed by atoms with Gasteiger partial charge in [0.1, 0.15) is 5.82 Å². The van der Waals surface area contributed by atoms with E-state index in [1.54, 1.807) is 12.1 Å². The predicted molar refractivity (Wildman–Crippen MR) is 78.6 cm³/mol. The average Bonchev–Trinajstić information content (AvgIpc) is 2.38. The van der Waals surface area contributed by atoms with E-state index in [0.29, 0.717) is 10.6 Å². The molecule has 2 aromatic carbocycles. The van der Waals surface area contributed by atoms with Crippen molar-refractivity contribution < 1.29 is 13.6 Å². The van der Waals surface area contributed by atoms with Crippen LogP contribution in [-0.4, -0.2) is 5.78 Å². The minimum absolute atomic E-state index is 0.0319. The Morgan fingerprint density at radius 3 is 2.50 bits per heavy atom. The molecule has 104 valence electrons. The summed E-state index contributed by atoms with van der Waals surface area (Å²) in [5, 5.41) is 0.702. The van der Waals surface area contributed by atoms with Crippen molar-refractivity contribution in [3.05, 3.63) is 67.6 Å². The molecule has 0 heterocycles. The second-order valence-electron chi connectivity index (χ2n) is 4.05. The third kappa shape index (κ3) is 3.19. The molecule has 0 saturated heterocycles. The Morgan fingerprint density at radius 1 is 1.15 bits per heavy atom. The van der Waals surface area contributed by atoms with Crippen molar-refractivity contribution in [3.63, 3.8) is 0 Å². The zero-order chi connectivity index (χ0) is 14.9. The van der Waals surface area contributed by atoms with Gasteiger partial charge in [-0.25, -0.2) is 8.78 Å². The summed E-state index contributed by atoms with van der Waals surface area (Å²) in [4.78, 5) is 12.1. The summed E-state index contributed by atoms with van der Waals surface area (Å²) in [6, 6.07) is 6.82. The molecular weight excluding hydrogens is 373 g/mol. The standard InChI is InChI=1S/C14H7BrCl2F2O/c15-9-3-4-11(18)13(14(9)19)12(20)5-7-1-2-8(16)6-10(7)17/h1-4,6H,5H2. The maximum atomic E-state index is 13.8. The highest BCUT2D eigenvalue weighted by Crippen LogP contribution is 2.26. The number of hydrogen-bond acceptors (Lipinski definition) is 1. The molecule has 0 aliphatic carbocycles. The van der Waals surface area contributed by atoms with Crippen molar-refractivity contribution in [2.75, 3.05) is 0 Å². The van der Waals surface area contributed by atoms with Crippen LogP contribution in [0.25, 0.3) is 0 Å². The first-order valence-corrected chi connectivity index (χ1v) is 7.05. The Hall–Kier alpha value is -0.970. The molecule has 0 radical (unpaired) electrons. The van der Waals surface area contributed by atoms with Crippen LogP contribution in [0, 0.1) is 11.6 Å². The topological polar surface area (TPSA) is 17.1 Å². The number of benzene rings is 2. The van der Waals surface area contributed by atoms with E-state index in [0.717, 1.165) is 6.07 Å². The van der Waals surface area contributed by atoms with Crippen LogP contribution in [0.4, 0.5) is 8.78 Å². The molecule has 1 nitrogen and oxygen atoms in total. The van der Waals surface area contributed by atoms with E-state index in [9.17, 15) is 13.6 Å². The lowest BCUT2D eigenvalue weighted by atomic mass is 10.0. The minimum Gasteiger partial charge on any atom is -0.294 e. The number of carbonyl (C=O) groups is 1. The van der Waals surface area contributed by atoms with Crippen molar-refractivity contribution >= 4 is 44.9 Å². The molecule has 0 bridgehead atoms. The number of halogens is 5. The molecular formula is C14H7BrCl2F2O. The summed E-state index contributed by atoms with van der Waals surface area (Å²) >= 11 is 14.6. The Bertz CT molecular complexity index is 689. The molecule has 2 aromatic rings. The average molecular weight is 380 g/mol. The lowest BCUT2D eigenvalue weighted by Crippen LogP contribution is -2.10. The Morgan fingerprint density at radius 2 is 1.85 bits per heavy atom. The van der Waals surface area contributed by atoms with Crippen molar-refractivity contribution in [1.82, 2.24) is 0 Å². The largest absolute Gasteiger partial charge is 0.294 e. The van der Waals surface area contributed by atoms with Crippen LogP contribution in [-0.2, 0) is 6.42 Å². The molecule has 20 heavy (non-hydrogen) atoms. The monoisotopic (exact) mass is 378 g/mol. The fraction of sp³-hybridized carbons (Fsp3) is 0.0714. The molecule has 0 spiro atoms. The van der Waals surface area contributed by atoms with E-state index in [-0.39, 0.29) is 15.9 Å². The number of Topliss-reactive ketones (excluding diaryl/α,β-unsaturated/α-hetero) is 1. The fourth-order valence-electron chi connectivity index (χ4n) is 1.71. The second kappa shape index (κ2) is 6.20. The van der Waals surface area contributed by atoms with Crippen molar-refractivity contribution in [3.8, 4) is 0 Å². The van der Waals surface area contributed by atoms with Gasteiger partial charge < -0.3 is 0 Å². The number of rotatable bonds is 3. The minimum atomic E-state index is -0.917. The molecule has 0 atom stereocenters. The van der Waals surface area contributed by atoms with Crippen LogP contribution < -0.4 is 0 Å². The summed E-state index contributed by atoms with van der Waals surface area (Å²) < 4.78 is 27.5. The summed E-state index contributed by atoms with van der Waals surface area (Å²) in [5.41, 5.74) is -0.120. The third-order valence-electron chi connectivity index (χ3n) is 2.69. The van der Waals surface area contributed by atoms with Crippen LogP contribution in [0.1, 0.15) is 15.9 Å². The first-order chi connectivity index (χ1) is 9.40. The van der Waals surface area contributed by atoms with Crippen molar-refractivity contribution in [1.29, 1.82) is 0 Å². The van der Waals surface area contributed by atoms with E-state index in [4.69, 9.17) is 23.2 Å². The molecule has 0 aliphatic rings. The first kappa shape index (κ1) is 15.4. The van der Waals surface area contributed by atoms with Gasteiger partial charge in [0.25, 0.3) is 0 Å². The van der Waals surface area contributed by atoms with Gasteiger partial charge in [-0.1, -0.05) is 29.3 Å². The van der Waals surface area contributed by atoms with Gasteiger partial charge in [-0.05, 0) is 45.8 Å². The molecule has 0 unspecified atom stereocenters. The molecule has 0 aliphatic heterocycles. The van der Waals surface area contributed by atoms with Crippen molar-refractivity contribution in [2.45, 2.75) is 6.42 Å². The lowest BCUT2D eigenvalue weighted by molar-refractivity contribution is 0.0984. The Labute approximate surface area is 132 Å². The highest BCUT2D eigenvalue weighted by molar-refractivity contribution is 9.10. The number of ketones is 1. The van der Waals surface area contributed by atoms with Crippen LogP contribution in [0.3, 0.4) is 0 Å². The summed E-state index contributed by atoms with van der Waals surface area (Å²) in [6.45, 7) is 0. The molecule has 6 heteroatoms. The van der Waals surface area contributed by atoms with E-state index in [2.05, 4.69) is 15.9 Å². The van der Waals surface area contributed by atoms with Gasteiger partial charge in [-0.3, -0.25) is 4.79 Å². The SMILES string of the molecule is O=C(Cc1ccc(Cl)cc1Cl)c1c(F)ccc(Br)c1F. The van der Waals surface area contributed by atoms with Gasteiger partial charge in [-0.15, -0.1) is 0 Å². The van der Waals surface area contributed by atoms with Crippen LogP contribution in [0.5, 0.6) is 0 Å². The maximum Gasteiger partial charge on any atom is 0.173 e. The third-order valence-corrected chi connectivity index (χ3v) is 3.89. The van der Waals surface area contributed by atoms with Crippen LogP contribution in [0.2, 0.25) is 10.0 Å². The Kier molecular flexibility index (Phi) is 4.78. The van der Waals surface area contributed by atoms with Gasteiger partial charge in [0, 0.05) is 16.5 Å². The molecule has 0 fully saturated rings. The molecule has 0 saturated carbocycles. The van der Waals surface area contributed by atoms with Gasteiger partial charge in [-0.2, -0.15) is 0 Å². The highest BCUT2D eigenvalue weighted by Gasteiger charge is 2.20. The molecule has 0 amide bonds. The van der Waals surface area contributed by atoms with Gasteiger partial charge in [0.05, 0.1) is 10.0 Å². The quantitative estimate of drug-likeness (QED) is 0.511. The molecule has 0 N–H and O–H groups in total. The van der Waals surface area contributed by atoms with E-state index >= 15 is 0 Å². The smallest absolute Gasteiger partial charge is 0.173 e. The zero-order valence-electron chi connectivity index (χ0n) is 9.89. The van der Waals surface area contributed by atoms with E-state index in [1.807, 2.05) is 0 Å². The molecule has 2 rings (SSSR count). The van der Waals surface area contributed by atoms with Gasteiger partial charge >= 0.3 is 0 Å². The van der Waals surface area contributed by atoms with E-state index in [1.165, 1.54) is 12.1 Å². The number of hydrogen-bond donors (Lipinski definition) is 0. The number of carbonyl (C=O) groups excluding carboxylic acids is 1. The zero-order valence-corrected chi connectivity index (χ0v) is 13.0. The Balaban J connectivity index is 2.36. The van der Waals surface area contributed by atoms with Gasteiger partial charge in [0.2, 0.25) is 0 Å². The highest BCUT2D eigenvalue weighted by atomic mass is 79.9. The fourth-order valence-corrected chi connectivity index (χ4v) is 2.51.